The standard InChI is InChI=1S/C22H34O6/c1-2-20-19(25)16-21(28-20)18(24)15-14-17(23)12-10-8-6-4-3-5-7-9-11-13-22(26)27/h3-4,7-10,14-15,17-21,23-25H,2,5-6,11-13,16H2,1H3,(H,26,27)/b4-3-,9-7-,10-8-,15-14+/t17-,18-,19+,20+,21+/m1/s1. The number of hydrogen-bond donors (Lipinski definition) is 4. The lowest BCUT2D eigenvalue weighted by Crippen LogP contribution is -2.24. The highest BCUT2D eigenvalue weighted by molar-refractivity contribution is 5.66. The zero-order valence-corrected chi connectivity index (χ0v) is 16.6. The lowest BCUT2D eigenvalue weighted by Gasteiger charge is -2.16. The minimum Gasteiger partial charge on any atom is -0.481 e. The summed E-state index contributed by atoms with van der Waals surface area (Å²) in [5.74, 6) is -0.785. The molecule has 28 heavy (non-hydrogen) atoms. The van der Waals surface area contributed by atoms with E-state index in [1.54, 1.807) is 6.08 Å². The van der Waals surface area contributed by atoms with Crippen LogP contribution in [0.25, 0.3) is 0 Å². The van der Waals surface area contributed by atoms with E-state index in [1.165, 1.54) is 6.08 Å². The van der Waals surface area contributed by atoms with Gasteiger partial charge in [-0.15, -0.1) is 0 Å². The van der Waals surface area contributed by atoms with Gasteiger partial charge in [-0.05, 0) is 32.1 Å². The summed E-state index contributed by atoms with van der Waals surface area (Å²) in [6.45, 7) is 1.93. The summed E-state index contributed by atoms with van der Waals surface area (Å²) in [6.07, 6.45) is 15.9. The van der Waals surface area contributed by atoms with Crippen molar-refractivity contribution < 1.29 is 30.0 Å². The van der Waals surface area contributed by atoms with Gasteiger partial charge in [0, 0.05) is 12.8 Å². The van der Waals surface area contributed by atoms with Crippen LogP contribution in [0, 0.1) is 0 Å². The fourth-order valence-corrected chi connectivity index (χ4v) is 2.90. The van der Waals surface area contributed by atoms with Crippen LogP contribution in [0.15, 0.2) is 48.6 Å². The first-order valence-corrected chi connectivity index (χ1v) is 9.98. The van der Waals surface area contributed by atoms with Crippen LogP contribution < -0.4 is 0 Å². The molecule has 6 heteroatoms. The van der Waals surface area contributed by atoms with Gasteiger partial charge >= 0.3 is 5.97 Å². The third kappa shape index (κ3) is 10.6. The predicted molar refractivity (Wildman–Crippen MR) is 109 cm³/mol. The third-order valence-electron chi connectivity index (χ3n) is 4.51. The van der Waals surface area contributed by atoms with Crippen LogP contribution in [0.3, 0.4) is 0 Å². The zero-order chi connectivity index (χ0) is 20.8. The molecule has 1 fully saturated rings. The van der Waals surface area contributed by atoms with Crippen LogP contribution in [0.4, 0.5) is 0 Å². The van der Waals surface area contributed by atoms with Crippen molar-refractivity contribution in [3.8, 4) is 0 Å². The van der Waals surface area contributed by atoms with Gasteiger partial charge in [-0.1, -0.05) is 55.5 Å². The number of aliphatic hydroxyl groups is 3. The van der Waals surface area contributed by atoms with Crippen LogP contribution >= 0.6 is 0 Å². The van der Waals surface area contributed by atoms with Gasteiger partial charge < -0.3 is 25.2 Å². The second-order valence-corrected chi connectivity index (χ2v) is 6.92. The van der Waals surface area contributed by atoms with Gasteiger partial charge in [0.05, 0.1) is 30.5 Å². The average molecular weight is 395 g/mol. The van der Waals surface area contributed by atoms with Crippen molar-refractivity contribution in [2.75, 3.05) is 0 Å². The van der Waals surface area contributed by atoms with Crippen LogP contribution in [0.5, 0.6) is 0 Å². The molecule has 0 aromatic carbocycles. The summed E-state index contributed by atoms with van der Waals surface area (Å²) >= 11 is 0. The smallest absolute Gasteiger partial charge is 0.303 e. The maximum absolute atomic E-state index is 10.3. The number of ether oxygens (including phenoxy) is 1. The van der Waals surface area contributed by atoms with Crippen LogP contribution in [0.1, 0.15) is 51.9 Å². The minimum atomic E-state index is -0.837. The number of hydrogen-bond acceptors (Lipinski definition) is 5. The number of rotatable bonds is 13. The number of aliphatic carboxylic acids is 1. The fraction of sp³-hybridized carbons (Fsp3) is 0.591. The molecule has 0 radical (unpaired) electrons. The van der Waals surface area contributed by atoms with Gasteiger partial charge in [-0.2, -0.15) is 0 Å². The Labute approximate surface area is 167 Å². The van der Waals surface area contributed by atoms with E-state index in [0.29, 0.717) is 25.7 Å². The molecule has 1 aliphatic heterocycles. The zero-order valence-electron chi connectivity index (χ0n) is 16.6. The van der Waals surface area contributed by atoms with Crippen LogP contribution in [-0.4, -0.2) is 56.9 Å². The number of carboxylic acids is 1. The van der Waals surface area contributed by atoms with Crippen molar-refractivity contribution in [2.45, 2.75) is 82.4 Å². The van der Waals surface area contributed by atoms with Gasteiger partial charge in [0.1, 0.15) is 0 Å². The maximum atomic E-state index is 10.3. The van der Waals surface area contributed by atoms with Crippen molar-refractivity contribution >= 4 is 5.97 Å². The largest absolute Gasteiger partial charge is 0.481 e. The van der Waals surface area contributed by atoms with Crippen molar-refractivity contribution in [1.29, 1.82) is 0 Å². The van der Waals surface area contributed by atoms with Crippen LogP contribution in [-0.2, 0) is 9.53 Å². The fourth-order valence-electron chi connectivity index (χ4n) is 2.90. The lowest BCUT2D eigenvalue weighted by atomic mass is 10.1. The molecule has 0 aliphatic carbocycles. The highest BCUT2D eigenvalue weighted by Gasteiger charge is 2.35. The van der Waals surface area contributed by atoms with Gasteiger partial charge in [-0.3, -0.25) is 4.79 Å². The summed E-state index contributed by atoms with van der Waals surface area (Å²) in [6, 6.07) is 0. The molecule has 0 amide bonds. The summed E-state index contributed by atoms with van der Waals surface area (Å²) < 4.78 is 5.61. The molecule has 1 rings (SSSR count). The Balaban J connectivity index is 2.16. The lowest BCUT2D eigenvalue weighted by molar-refractivity contribution is -0.136. The van der Waals surface area contributed by atoms with Crippen molar-refractivity contribution in [2.24, 2.45) is 0 Å². The number of aliphatic hydroxyl groups excluding tert-OH is 3. The Morgan fingerprint density at radius 3 is 2.32 bits per heavy atom. The Kier molecular flexibility index (Phi) is 12.4. The first-order chi connectivity index (χ1) is 13.4. The molecule has 4 N–H and O–H groups in total. The summed E-state index contributed by atoms with van der Waals surface area (Å²) in [4.78, 5) is 10.3. The molecule has 0 spiro atoms. The third-order valence-corrected chi connectivity index (χ3v) is 4.51. The Morgan fingerprint density at radius 2 is 1.71 bits per heavy atom. The van der Waals surface area contributed by atoms with Gasteiger partial charge in [0.25, 0.3) is 0 Å². The van der Waals surface area contributed by atoms with E-state index in [2.05, 4.69) is 0 Å². The van der Waals surface area contributed by atoms with E-state index in [-0.39, 0.29) is 12.5 Å². The first-order valence-electron chi connectivity index (χ1n) is 9.98. The molecule has 1 aliphatic rings. The molecule has 0 saturated carbocycles. The topological polar surface area (TPSA) is 107 Å². The molecule has 5 atom stereocenters. The highest BCUT2D eigenvalue weighted by atomic mass is 16.5. The van der Waals surface area contributed by atoms with E-state index < -0.39 is 30.4 Å². The molecule has 0 unspecified atom stereocenters. The Hall–Kier alpha value is -1.73. The quantitative estimate of drug-likeness (QED) is 0.358. The molecule has 6 nitrogen and oxygen atoms in total. The normalized spacial score (nSPS) is 25.5. The van der Waals surface area contributed by atoms with Crippen molar-refractivity contribution in [3.63, 3.8) is 0 Å². The molecule has 158 valence electrons. The van der Waals surface area contributed by atoms with Crippen LogP contribution in [0.2, 0.25) is 0 Å². The molecular formula is C22H34O6. The predicted octanol–water partition coefficient (Wildman–Crippen LogP) is 2.90. The summed E-state index contributed by atoms with van der Waals surface area (Å²) in [5.41, 5.74) is 0. The molecule has 0 aromatic heterocycles. The molecule has 0 bridgehead atoms. The maximum Gasteiger partial charge on any atom is 0.303 e. The summed E-state index contributed by atoms with van der Waals surface area (Å²) in [5, 5.41) is 38.4. The summed E-state index contributed by atoms with van der Waals surface area (Å²) in [7, 11) is 0. The average Bonchev–Trinajstić information content (AvgIpc) is 3.04. The molecule has 1 saturated heterocycles. The Bertz CT molecular complexity index is 551. The number of allylic oxidation sites excluding steroid dienone is 5. The van der Waals surface area contributed by atoms with Crippen molar-refractivity contribution in [1.82, 2.24) is 0 Å². The second-order valence-electron chi connectivity index (χ2n) is 6.92. The SMILES string of the molecule is CC[C@@H]1O[C@H]([C@H](O)/C=C/[C@H](O)C/C=C\C/C=C\C/C=C\CCC(=O)O)C[C@@H]1O. The number of carboxylic acid groups (broad SMARTS) is 1. The molecular weight excluding hydrogens is 360 g/mol. The minimum absolute atomic E-state index is 0.158. The van der Waals surface area contributed by atoms with E-state index in [4.69, 9.17) is 9.84 Å². The van der Waals surface area contributed by atoms with Crippen molar-refractivity contribution in [3.05, 3.63) is 48.6 Å². The monoisotopic (exact) mass is 394 g/mol. The number of carbonyl (C=O) groups is 1. The van der Waals surface area contributed by atoms with E-state index >= 15 is 0 Å². The van der Waals surface area contributed by atoms with E-state index in [0.717, 1.165) is 12.8 Å². The van der Waals surface area contributed by atoms with Gasteiger partial charge in [0.2, 0.25) is 0 Å². The second kappa shape index (κ2) is 14.3. The Morgan fingerprint density at radius 1 is 1.07 bits per heavy atom. The molecule has 0 aromatic rings. The molecule has 1 heterocycles. The van der Waals surface area contributed by atoms with E-state index in [9.17, 15) is 20.1 Å². The van der Waals surface area contributed by atoms with Gasteiger partial charge in [0.15, 0.2) is 0 Å². The highest BCUT2D eigenvalue weighted by Crippen LogP contribution is 2.25. The van der Waals surface area contributed by atoms with E-state index in [1.807, 2.05) is 43.4 Å². The first kappa shape index (κ1) is 24.3. The van der Waals surface area contributed by atoms with Gasteiger partial charge in [-0.25, -0.2) is 0 Å².